The van der Waals surface area contributed by atoms with Crippen molar-refractivity contribution in [1.82, 2.24) is 34.6 Å². The predicted octanol–water partition coefficient (Wildman–Crippen LogP) is 4.82. The van der Waals surface area contributed by atoms with E-state index in [1.54, 1.807) is 33.5 Å². The number of likely N-dealkylation sites (tertiary alicyclic amines) is 3. The molecule has 250 valence electrons. The number of nitrogens with zero attached hydrogens (tertiary/aromatic N) is 7. The second-order valence-electron chi connectivity index (χ2n) is 13.4. The molecule has 0 atom stereocenters. The minimum atomic E-state index is -0.676. The van der Waals surface area contributed by atoms with Crippen LogP contribution in [0.5, 0.6) is 11.8 Å². The van der Waals surface area contributed by atoms with E-state index in [9.17, 15) is 9.90 Å². The summed E-state index contributed by atoms with van der Waals surface area (Å²) in [6.45, 7) is 9.19. The van der Waals surface area contributed by atoms with Gasteiger partial charge < -0.3 is 19.5 Å². The fraction of sp³-hybridized carbons (Fsp3) is 0.400. The van der Waals surface area contributed by atoms with Gasteiger partial charge in [-0.2, -0.15) is 0 Å². The molecule has 1 amide bonds. The average Bonchev–Trinajstić information content (AvgIpc) is 3.01. The summed E-state index contributed by atoms with van der Waals surface area (Å²) in [4.78, 5) is 36.8. The van der Waals surface area contributed by atoms with Crippen LogP contribution in [0.2, 0.25) is 10.0 Å². The van der Waals surface area contributed by atoms with Crippen molar-refractivity contribution in [3.8, 4) is 45.4 Å². The van der Waals surface area contributed by atoms with Gasteiger partial charge in [0.1, 0.15) is 11.4 Å². The molecule has 2 aromatic heterocycles. The molecule has 0 unspecified atom stereocenters. The lowest BCUT2D eigenvalue weighted by Crippen LogP contribution is -2.72. The van der Waals surface area contributed by atoms with Crippen LogP contribution in [0.25, 0.3) is 33.6 Å². The van der Waals surface area contributed by atoms with Gasteiger partial charge in [0.05, 0.1) is 53.6 Å². The van der Waals surface area contributed by atoms with E-state index in [4.69, 9.17) is 47.6 Å². The summed E-state index contributed by atoms with van der Waals surface area (Å²) in [6.07, 6.45) is 3.41. The third-order valence-corrected chi connectivity index (χ3v) is 10.2. The minimum absolute atomic E-state index is 0.135. The molecule has 0 aliphatic carbocycles. The summed E-state index contributed by atoms with van der Waals surface area (Å²) in [5.41, 5.74) is 4.98. The lowest BCUT2D eigenvalue weighted by molar-refractivity contribution is -0.157. The number of halogens is 2. The quantitative estimate of drug-likeness (QED) is 0.262. The average molecular weight is 691 g/mol. The topological polar surface area (TPSA) is 117 Å². The molecule has 7 rings (SSSR count). The number of β-amino-alcohol motifs (C(OH)–C–C–N with tert-alkyl or cyclic N) is 1. The van der Waals surface area contributed by atoms with E-state index in [1.807, 2.05) is 48.2 Å². The molecule has 3 aliphatic heterocycles. The van der Waals surface area contributed by atoms with E-state index < -0.39 is 5.60 Å². The third kappa shape index (κ3) is 6.10. The Morgan fingerprint density at radius 1 is 0.771 bits per heavy atom. The lowest BCUT2D eigenvalue weighted by atomic mass is 9.73. The molecule has 4 aromatic rings. The Labute approximate surface area is 289 Å². The summed E-state index contributed by atoms with van der Waals surface area (Å²) in [7, 11) is 3.16. The first-order valence-corrected chi connectivity index (χ1v) is 16.5. The van der Waals surface area contributed by atoms with Crippen molar-refractivity contribution in [1.29, 1.82) is 0 Å². The second-order valence-corrected chi connectivity index (χ2v) is 14.2. The van der Waals surface area contributed by atoms with Crippen molar-refractivity contribution in [2.75, 3.05) is 53.5 Å². The third-order valence-electron chi connectivity index (χ3n) is 9.34. The van der Waals surface area contributed by atoms with Crippen molar-refractivity contribution < 1.29 is 19.4 Å². The SMILES string of the molecule is COc1nc(-c2cccc(-c3cccc(-c4cnc(CN5CC6(C5)CN(C(C)=O)C6)c(OC)n4)c3Cl)c2Cl)cnc1CN1CC(C)(O)C1. The van der Waals surface area contributed by atoms with Crippen LogP contribution >= 0.6 is 23.2 Å². The Morgan fingerprint density at radius 2 is 1.21 bits per heavy atom. The van der Waals surface area contributed by atoms with Crippen LogP contribution in [0.15, 0.2) is 48.8 Å². The number of carbonyl (C=O) groups is 1. The molecule has 13 heteroatoms. The number of aromatic nitrogens is 4. The maximum absolute atomic E-state index is 11.6. The number of ether oxygens (including phenoxy) is 2. The Balaban J connectivity index is 1.11. The van der Waals surface area contributed by atoms with E-state index >= 15 is 0 Å². The molecule has 0 saturated carbocycles. The number of carbonyl (C=O) groups excluding carboxylic acids is 1. The van der Waals surface area contributed by atoms with Crippen LogP contribution < -0.4 is 9.47 Å². The van der Waals surface area contributed by atoms with Crippen LogP contribution in [0, 0.1) is 5.41 Å². The molecule has 3 fully saturated rings. The van der Waals surface area contributed by atoms with Crippen molar-refractivity contribution in [3.05, 3.63) is 70.2 Å². The van der Waals surface area contributed by atoms with Crippen molar-refractivity contribution >= 4 is 29.1 Å². The van der Waals surface area contributed by atoms with Gasteiger partial charge >= 0.3 is 0 Å². The summed E-state index contributed by atoms with van der Waals surface area (Å²) in [5, 5.41) is 11.0. The van der Waals surface area contributed by atoms with Gasteiger partial charge in [-0.05, 0) is 6.92 Å². The lowest BCUT2D eigenvalue weighted by Gasteiger charge is -2.60. The first kappa shape index (κ1) is 32.7. The van der Waals surface area contributed by atoms with E-state index in [-0.39, 0.29) is 11.3 Å². The Hall–Kier alpha value is -3.87. The number of rotatable bonds is 9. The molecule has 1 spiro atoms. The van der Waals surface area contributed by atoms with Crippen LogP contribution in [-0.2, 0) is 17.9 Å². The fourth-order valence-corrected chi connectivity index (χ4v) is 7.78. The molecular weight excluding hydrogens is 653 g/mol. The number of hydrogen-bond donors (Lipinski definition) is 1. The van der Waals surface area contributed by atoms with Crippen molar-refractivity contribution in [3.63, 3.8) is 0 Å². The molecule has 0 bridgehead atoms. The van der Waals surface area contributed by atoms with E-state index in [2.05, 4.69) is 14.8 Å². The number of hydrogen-bond acceptors (Lipinski definition) is 10. The molecule has 2 aromatic carbocycles. The van der Waals surface area contributed by atoms with Crippen molar-refractivity contribution in [2.45, 2.75) is 32.5 Å². The number of aliphatic hydroxyl groups is 1. The van der Waals surface area contributed by atoms with Gasteiger partial charge in [-0.25, -0.2) is 9.97 Å². The van der Waals surface area contributed by atoms with Crippen LogP contribution in [0.1, 0.15) is 25.2 Å². The zero-order chi connectivity index (χ0) is 33.8. The van der Waals surface area contributed by atoms with Crippen LogP contribution in [0.4, 0.5) is 0 Å². The molecule has 5 heterocycles. The summed E-state index contributed by atoms with van der Waals surface area (Å²) < 4.78 is 11.3. The number of methoxy groups -OCH3 is 2. The number of amides is 1. The molecule has 3 saturated heterocycles. The predicted molar refractivity (Wildman–Crippen MR) is 183 cm³/mol. The van der Waals surface area contributed by atoms with E-state index in [1.165, 1.54) is 0 Å². The largest absolute Gasteiger partial charge is 0.480 e. The highest BCUT2D eigenvalue weighted by molar-refractivity contribution is 6.39. The fourth-order valence-electron chi connectivity index (χ4n) is 7.13. The first-order chi connectivity index (χ1) is 23.0. The Morgan fingerprint density at radius 3 is 1.62 bits per heavy atom. The van der Waals surface area contributed by atoms with Crippen LogP contribution in [0.3, 0.4) is 0 Å². The van der Waals surface area contributed by atoms with Gasteiger partial charge in [0.15, 0.2) is 0 Å². The van der Waals surface area contributed by atoms with Crippen LogP contribution in [-0.4, -0.2) is 105 Å². The molecule has 1 N–H and O–H groups in total. The molecule has 48 heavy (non-hydrogen) atoms. The van der Waals surface area contributed by atoms with E-state index in [0.29, 0.717) is 76.2 Å². The van der Waals surface area contributed by atoms with Crippen molar-refractivity contribution in [2.24, 2.45) is 5.41 Å². The zero-order valence-corrected chi connectivity index (χ0v) is 28.8. The molecule has 3 aliphatic rings. The summed E-state index contributed by atoms with van der Waals surface area (Å²) in [6, 6.07) is 11.4. The van der Waals surface area contributed by atoms with Gasteiger partial charge in [0.2, 0.25) is 17.7 Å². The maximum Gasteiger partial charge on any atom is 0.237 e. The molecular formula is C35H37Cl2N7O4. The standard InChI is InChI=1S/C35H37Cl2N7O4/c1-21(45)44-19-35(20-44)17-43(18-35)14-29-33(48-4)41-27(12-39-29)25-10-6-8-23(31(25)37)22-7-5-9-24(30(22)36)26-11-38-28(32(40-26)47-3)13-42-15-34(2,46)16-42/h5-12,46H,13-20H2,1-4H3. The Kier molecular flexibility index (Phi) is 8.53. The van der Waals surface area contributed by atoms with Gasteiger partial charge in [0, 0.05) is 87.0 Å². The number of benzene rings is 2. The Bertz CT molecular complexity index is 1880. The van der Waals surface area contributed by atoms with Gasteiger partial charge in [-0.15, -0.1) is 0 Å². The molecule has 11 nitrogen and oxygen atoms in total. The second kappa shape index (κ2) is 12.5. The first-order valence-electron chi connectivity index (χ1n) is 15.8. The van der Waals surface area contributed by atoms with Gasteiger partial charge in [-0.3, -0.25) is 24.6 Å². The molecule has 0 radical (unpaired) electrons. The van der Waals surface area contributed by atoms with Gasteiger partial charge in [0.25, 0.3) is 0 Å². The highest BCUT2D eigenvalue weighted by Crippen LogP contribution is 2.43. The van der Waals surface area contributed by atoms with Gasteiger partial charge in [-0.1, -0.05) is 59.6 Å². The zero-order valence-electron chi connectivity index (χ0n) is 27.3. The van der Waals surface area contributed by atoms with E-state index in [0.717, 1.165) is 43.0 Å². The smallest absolute Gasteiger partial charge is 0.237 e. The summed E-state index contributed by atoms with van der Waals surface area (Å²) >= 11 is 14.1. The highest BCUT2D eigenvalue weighted by Gasteiger charge is 2.52. The monoisotopic (exact) mass is 689 g/mol. The minimum Gasteiger partial charge on any atom is -0.480 e. The highest BCUT2D eigenvalue weighted by atomic mass is 35.5. The maximum atomic E-state index is 11.6. The normalized spacial score (nSPS) is 18.2. The summed E-state index contributed by atoms with van der Waals surface area (Å²) in [5.74, 6) is 0.993.